The van der Waals surface area contributed by atoms with Crippen molar-refractivity contribution in [3.8, 4) is 0 Å². The van der Waals surface area contributed by atoms with Crippen LogP contribution in [0.2, 0.25) is 0 Å². The second kappa shape index (κ2) is 5.32. The van der Waals surface area contributed by atoms with E-state index in [1.54, 1.807) is 0 Å². The fraction of sp³-hybridized carbons (Fsp3) is 0.900. The molecular formula is C10H20N2O2. The number of carbonyl (C=O) groups excluding carboxylic acids is 1. The van der Waals surface area contributed by atoms with Gasteiger partial charge in [-0.1, -0.05) is 6.92 Å². The van der Waals surface area contributed by atoms with Gasteiger partial charge in [-0.15, -0.1) is 0 Å². The number of likely N-dealkylation sites (tertiary alicyclic amines) is 1. The highest BCUT2D eigenvalue weighted by molar-refractivity contribution is 5.75. The third kappa shape index (κ3) is 2.69. The number of piperidine rings is 1. The molecule has 0 aromatic carbocycles. The highest BCUT2D eigenvalue weighted by atomic mass is 16.5. The van der Waals surface area contributed by atoms with Crippen LogP contribution in [0.1, 0.15) is 19.8 Å². The fourth-order valence-corrected chi connectivity index (χ4v) is 2.04. The summed E-state index contributed by atoms with van der Waals surface area (Å²) >= 11 is 0. The quantitative estimate of drug-likeness (QED) is 0.662. The molecule has 0 amide bonds. The second-order valence-electron chi connectivity index (χ2n) is 4.02. The summed E-state index contributed by atoms with van der Waals surface area (Å²) in [6.45, 7) is 4.47. The Morgan fingerprint density at radius 1 is 1.71 bits per heavy atom. The second-order valence-corrected chi connectivity index (χ2v) is 4.02. The predicted octanol–water partition coefficient (Wildman–Crippen LogP) is 0.219. The lowest BCUT2D eigenvalue weighted by molar-refractivity contribution is -0.147. The van der Waals surface area contributed by atoms with Crippen molar-refractivity contribution in [2.45, 2.75) is 25.8 Å². The zero-order valence-corrected chi connectivity index (χ0v) is 9.03. The summed E-state index contributed by atoms with van der Waals surface area (Å²) < 4.78 is 4.73. The zero-order chi connectivity index (χ0) is 10.6. The number of hydrogen-bond donors (Lipinski definition) is 1. The van der Waals surface area contributed by atoms with Crippen molar-refractivity contribution in [2.24, 2.45) is 11.7 Å². The van der Waals surface area contributed by atoms with Crippen molar-refractivity contribution in [1.29, 1.82) is 0 Å². The van der Waals surface area contributed by atoms with Crippen LogP contribution in [0.5, 0.6) is 0 Å². The van der Waals surface area contributed by atoms with E-state index < -0.39 is 0 Å². The van der Waals surface area contributed by atoms with Crippen LogP contribution in [0.3, 0.4) is 0 Å². The number of methoxy groups -OCH3 is 1. The molecule has 4 heteroatoms. The number of carbonyl (C=O) groups is 1. The van der Waals surface area contributed by atoms with Gasteiger partial charge in [-0.2, -0.15) is 0 Å². The molecule has 0 aliphatic carbocycles. The maximum absolute atomic E-state index is 11.4. The van der Waals surface area contributed by atoms with Crippen LogP contribution in [0, 0.1) is 5.92 Å². The number of ether oxygens (including phenoxy) is 1. The van der Waals surface area contributed by atoms with E-state index in [2.05, 4.69) is 11.8 Å². The van der Waals surface area contributed by atoms with Crippen LogP contribution in [-0.4, -0.2) is 43.7 Å². The minimum absolute atomic E-state index is 0.207. The van der Waals surface area contributed by atoms with E-state index in [0.29, 0.717) is 12.5 Å². The van der Waals surface area contributed by atoms with E-state index in [1.807, 2.05) is 0 Å². The molecule has 0 saturated carbocycles. The first kappa shape index (κ1) is 11.5. The Hall–Kier alpha value is -0.610. The standard InChI is InChI=1S/C10H20N2O2/c1-8-4-3-5-12(7-8)9(6-11)10(13)14-2/h8-9H,3-7,11H2,1-2H3. The maximum Gasteiger partial charge on any atom is 0.324 e. The van der Waals surface area contributed by atoms with Crippen molar-refractivity contribution >= 4 is 5.97 Å². The molecule has 1 rings (SSSR count). The number of hydrogen-bond acceptors (Lipinski definition) is 4. The van der Waals surface area contributed by atoms with Crippen LogP contribution in [0.15, 0.2) is 0 Å². The average molecular weight is 200 g/mol. The molecule has 0 radical (unpaired) electrons. The average Bonchev–Trinajstić information content (AvgIpc) is 2.19. The van der Waals surface area contributed by atoms with Crippen LogP contribution < -0.4 is 5.73 Å². The van der Waals surface area contributed by atoms with Crippen LogP contribution in [0.4, 0.5) is 0 Å². The van der Waals surface area contributed by atoms with Gasteiger partial charge in [0.2, 0.25) is 0 Å². The van der Waals surface area contributed by atoms with Crippen molar-refractivity contribution < 1.29 is 9.53 Å². The van der Waals surface area contributed by atoms with E-state index in [-0.39, 0.29) is 12.0 Å². The molecule has 0 spiro atoms. The molecule has 1 saturated heterocycles. The van der Waals surface area contributed by atoms with Gasteiger partial charge in [-0.3, -0.25) is 9.69 Å². The van der Waals surface area contributed by atoms with Gasteiger partial charge in [0.1, 0.15) is 6.04 Å². The first-order chi connectivity index (χ1) is 6.69. The molecular weight excluding hydrogens is 180 g/mol. The Labute approximate surface area is 85.4 Å². The van der Waals surface area contributed by atoms with Gasteiger partial charge in [0.25, 0.3) is 0 Å². The molecule has 1 aliphatic rings. The molecule has 0 bridgehead atoms. The lowest BCUT2D eigenvalue weighted by Gasteiger charge is -2.35. The van der Waals surface area contributed by atoms with E-state index >= 15 is 0 Å². The highest BCUT2D eigenvalue weighted by Gasteiger charge is 2.28. The molecule has 1 fully saturated rings. The topological polar surface area (TPSA) is 55.6 Å². The first-order valence-electron chi connectivity index (χ1n) is 5.21. The molecule has 0 aromatic rings. The summed E-state index contributed by atoms with van der Waals surface area (Å²) in [6, 6.07) is -0.247. The van der Waals surface area contributed by atoms with E-state index in [1.165, 1.54) is 13.5 Å². The smallest absolute Gasteiger partial charge is 0.324 e. The van der Waals surface area contributed by atoms with Gasteiger partial charge >= 0.3 is 5.97 Å². The van der Waals surface area contributed by atoms with Gasteiger partial charge < -0.3 is 10.5 Å². The van der Waals surface area contributed by atoms with Crippen LogP contribution >= 0.6 is 0 Å². The molecule has 1 aliphatic heterocycles. The van der Waals surface area contributed by atoms with Gasteiger partial charge in [0, 0.05) is 13.1 Å². The third-order valence-corrected chi connectivity index (χ3v) is 2.83. The lowest BCUT2D eigenvalue weighted by atomic mass is 9.99. The number of rotatable bonds is 3. The van der Waals surface area contributed by atoms with Crippen molar-refractivity contribution in [2.75, 3.05) is 26.7 Å². The normalized spacial score (nSPS) is 25.8. The Morgan fingerprint density at radius 3 is 2.93 bits per heavy atom. The van der Waals surface area contributed by atoms with Gasteiger partial charge in [0.15, 0.2) is 0 Å². The first-order valence-corrected chi connectivity index (χ1v) is 5.21. The van der Waals surface area contributed by atoms with Crippen LogP contribution in [-0.2, 0) is 9.53 Å². The zero-order valence-electron chi connectivity index (χ0n) is 9.03. The Balaban J connectivity index is 2.54. The summed E-state index contributed by atoms with van der Waals surface area (Å²) in [5.74, 6) is 0.448. The molecule has 2 unspecified atom stereocenters. The van der Waals surface area contributed by atoms with E-state index in [9.17, 15) is 4.79 Å². The SMILES string of the molecule is COC(=O)C(CN)N1CCCC(C)C1. The number of nitrogens with zero attached hydrogens (tertiary/aromatic N) is 1. The van der Waals surface area contributed by atoms with Crippen molar-refractivity contribution in [3.63, 3.8) is 0 Å². The molecule has 1 heterocycles. The Kier molecular flexibility index (Phi) is 4.35. The number of esters is 1. The summed E-state index contributed by atoms with van der Waals surface area (Å²) in [6.07, 6.45) is 2.39. The summed E-state index contributed by atoms with van der Waals surface area (Å²) in [5.41, 5.74) is 5.58. The largest absolute Gasteiger partial charge is 0.468 e. The van der Waals surface area contributed by atoms with Crippen molar-refractivity contribution in [1.82, 2.24) is 4.90 Å². The van der Waals surface area contributed by atoms with Crippen LogP contribution in [0.25, 0.3) is 0 Å². The Morgan fingerprint density at radius 2 is 2.43 bits per heavy atom. The van der Waals surface area contributed by atoms with Gasteiger partial charge in [-0.05, 0) is 25.3 Å². The molecule has 82 valence electrons. The summed E-state index contributed by atoms with van der Waals surface area (Å²) in [7, 11) is 1.42. The van der Waals surface area contributed by atoms with Gasteiger partial charge in [0.05, 0.1) is 7.11 Å². The Bertz CT molecular complexity index is 197. The summed E-state index contributed by atoms with van der Waals surface area (Å²) in [5, 5.41) is 0. The lowest BCUT2D eigenvalue weighted by Crippen LogP contribution is -2.50. The van der Waals surface area contributed by atoms with E-state index in [4.69, 9.17) is 10.5 Å². The van der Waals surface area contributed by atoms with Crippen molar-refractivity contribution in [3.05, 3.63) is 0 Å². The minimum Gasteiger partial charge on any atom is -0.468 e. The molecule has 2 N–H and O–H groups in total. The minimum atomic E-state index is -0.247. The molecule has 2 atom stereocenters. The molecule has 0 aromatic heterocycles. The highest BCUT2D eigenvalue weighted by Crippen LogP contribution is 2.17. The predicted molar refractivity (Wildman–Crippen MR) is 54.8 cm³/mol. The van der Waals surface area contributed by atoms with E-state index in [0.717, 1.165) is 19.5 Å². The third-order valence-electron chi connectivity index (χ3n) is 2.83. The number of nitrogens with two attached hydrogens (primary N) is 1. The maximum atomic E-state index is 11.4. The van der Waals surface area contributed by atoms with Gasteiger partial charge in [-0.25, -0.2) is 0 Å². The fourth-order valence-electron chi connectivity index (χ4n) is 2.04. The summed E-state index contributed by atoms with van der Waals surface area (Å²) in [4.78, 5) is 13.5. The molecule has 4 nitrogen and oxygen atoms in total. The molecule has 14 heavy (non-hydrogen) atoms. The monoisotopic (exact) mass is 200 g/mol.